The van der Waals surface area contributed by atoms with Crippen molar-refractivity contribution in [3.05, 3.63) is 48.0 Å². The fraction of sp³-hybridized carbons (Fsp3) is 0.0769. The van der Waals surface area contributed by atoms with Crippen LogP contribution in [-0.2, 0) is 20.2 Å². The summed E-state index contributed by atoms with van der Waals surface area (Å²) in [5.74, 6) is 0. The summed E-state index contributed by atoms with van der Waals surface area (Å²) in [6.07, 6.45) is 0. The number of hydrogen-bond donors (Lipinski definition) is 0. The van der Waals surface area contributed by atoms with Gasteiger partial charge in [-0.05, 0) is 24.6 Å². The Kier molecular flexibility index (Phi) is 8.67. The summed E-state index contributed by atoms with van der Waals surface area (Å²) in [4.78, 5) is -1.47. The van der Waals surface area contributed by atoms with Crippen molar-refractivity contribution in [2.75, 3.05) is 0 Å². The van der Waals surface area contributed by atoms with Crippen LogP contribution in [0.1, 0.15) is 5.56 Å². The minimum Gasteiger partial charge on any atom is -0.744 e. The average Bonchev–Trinajstić information content (AvgIpc) is 2.37. The Morgan fingerprint density at radius 1 is 0.739 bits per heavy atom. The first-order chi connectivity index (χ1) is 9.60. The molecule has 0 aliphatic rings. The standard InChI is InChI=1S/C13H12O6S2.2Na/c1-9-5-7-10(8-6-9)13-11(20(14,15)16)3-2-4-12(13)21(17,18)19;;/h2-8H,1H3,(H,14,15,16)(H,17,18,19);;/q;2*+1/p-2. The maximum absolute atomic E-state index is 11.3. The molecule has 0 saturated carbocycles. The molecule has 0 N–H and O–H groups in total. The molecule has 0 heterocycles. The van der Waals surface area contributed by atoms with E-state index in [-0.39, 0.29) is 70.2 Å². The van der Waals surface area contributed by atoms with Crippen LogP contribution in [0.5, 0.6) is 0 Å². The first-order valence-electron chi connectivity index (χ1n) is 5.72. The van der Waals surface area contributed by atoms with Crippen LogP contribution in [0.15, 0.2) is 52.3 Å². The van der Waals surface area contributed by atoms with E-state index < -0.39 is 30.0 Å². The molecular formula is C13H10Na2O6S2. The van der Waals surface area contributed by atoms with E-state index in [2.05, 4.69) is 0 Å². The molecule has 0 aliphatic carbocycles. The Labute approximate surface area is 179 Å². The van der Waals surface area contributed by atoms with Gasteiger partial charge in [-0.3, -0.25) is 0 Å². The third-order valence-corrected chi connectivity index (χ3v) is 4.62. The van der Waals surface area contributed by atoms with Crippen LogP contribution in [0, 0.1) is 6.92 Å². The summed E-state index contributed by atoms with van der Waals surface area (Å²) in [5.41, 5.74) is 0.639. The predicted octanol–water partition coefficient (Wildman–Crippen LogP) is -4.52. The van der Waals surface area contributed by atoms with Gasteiger partial charge in [0.15, 0.2) is 0 Å². The molecule has 0 spiro atoms. The fourth-order valence-electron chi connectivity index (χ4n) is 1.93. The van der Waals surface area contributed by atoms with Crippen LogP contribution < -0.4 is 59.1 Å². The topological polar surface area (TPSA) is 114 Å². The van der Waals surface area contributed by atoms with E-state index in [1.54, 1.807) is 19.1 Å². The Balaban J connectivity index is 0.00000242. The summed E-state index contributed by atoms with van der Waals surface area (Å²) in [5, 5.41) is 0. The molecule has 0 aromatic heterocycles. The monoisotopic (exact) mass is 372 g/mol. The Morgan fingerprint density at radius 3 is 1.48 bits per heavy atom. The van der Waals surface area contributed by atoms with Crippen LogP contribution in [-0.4, -0.2) is 25.9 Å². The minimum atomic E-state index is -4.93. The van der Waals surface area contributed by atoms with Crippen molar-refractivity contribution in [1.82, 2.24) is 0 Å². The van der Waals surface area contributed by atoms with E-state index in [4.69, 9.17) is 0 Å². The van der Waals surface area contributed by atoms with Gasteiger partial charge in [-0.25, -0.2) is 16.8 Å². The molecule has 0 unspecified atom stereocenters. The molecule has 0 saturated heterocycles. The van der Waals surface area contributed by atoms with Crippen molar-refractivity contribution in [2.45, 2.75) is 16.7 Å². The third-order valence-electron chi connectivity index (χ3n) is 2.87. The number of rotatable bonds is 3. The molecule has 0 bridgehead atoms. The molecule has 10 heteroatoms. The van der Waals surface area contributed by atoms with E-state index in [1.165, 1.54) is 12.1 Å². The van der Waals surface area contributed by atoms with E-state index in [0.29, 0.717) is 0 Å². The number of hydrogen-bond acceptors (Lipinski definition) is 6. The summed E-state index contributed by atoms with van der Waals surface area (Å²) < 4.78 is 67.9. The molecule has 2 aromatic carbocycles. The summed E-state index contributed by atoms with van der Waals surface area (Å²) >= 11 is 0. The van der Waals surface area contributed by atoms with Gasteiger partial charge < -0.3 is 9.11 Å². The van der Waals surface area contributed by atoms with Gasteiger partial charge in [-0.2, -0.15) is 0 Å². The Hall–Kier alpha value is 0.260. The average molecular weight is 372 g/mol. The summed E-state index contributed by atoms with van der Waals surface area (Å²) in [6, 6.07) is 9.14. The normalized spacial score (nSPS) is 11.3. The van der Waals surface area contributed by atoms with Gasteiger partial charge in [0.1, 0.15) is 20.2 Å². The van der Waals surface area contributed by atoms with Gasteiger partial charge in [-0.15, -0.1) is 0 Å². The van der Waals surface area contributed by atoms with E-state index >= 15 is 0 Å². The molecule has 112 valence electrons. The van der Waals surface area contributed by atoms with Crippen LogP contribution in [0.3, 0.4) is 0 Å². The van der Waals surface area contributed by atoms with Crippen LogP contribution >= 0.6 is 0 Å². The summed E-state index contributed by atoms with van der Waals surface area (Å²) in [7, 11) is -9.86. The third kappa shape index (κ3) is 5.64. The van der Waals surface area contributed by atoms with Gasteiger partial charge in [0, 0.05) is 5.56 Å². The first kappa shape index (κ1) is 23.3. The molecule has 0 amide bonds. The minimum absolute atomic E-state index is 0. The van der Waals surface area contributed by atoms with Crippen molar-refractivity contribution in [3.63, 3.8) is 0 Å². The van der Waals surface area contributed by atoms with Crippen molar-refractivity contribution < 1.29 is 85.1 Å². The maximum Gasteiger partial charge on any atom is 1.00 e. The molecule has 0 atom stereocenters. The SMILES string of the molecule is Cc1ccc(-c2c(S(=O)(=O)[O-])cccc2S(=O)(=O)[O-])cc1.[Na+].[Na+]. The zero-order valence-electron chi connectivity index (χ0n) is 12.8. The van der Waals surface area contributed by atoms with Crippen molar-refractivity contribution in [1.29, 1.82) is 0 Å². The molecule has 23 heavy (non-hydrogen) atoms. The first-order valence-corrected chi connectivity index (χ1v) is 8.54. The Bertz CT molecular complexity index is 840. The van der Waals surface area contributed by atoms with Gasteiger partial charge >= 0.3 is 59.1 Å². The van der Waals surface area contributed by atoms with Crippen LogP contribution in [0.25, 0.3) is 11.1 Å². The molecule has 2 aromatic rings. The summed E-state index contributed by atoms with van der Waals surface area (Å²) in [6.45, 7) is 1.78. The van der Waals surface area contributed by atoms with E-state index in [9.17, 15) is 25.9 Å². The Morgan fingerprint density at radius 2 is 1.13 bits per heavy atom. The smallest absolute Gasteiger partial charge is 0.744 e. The largest absolute Gasteiger partial charge is 1.00 e. The maximum atomic E-state index is 11.3. The second-order valence-electron chi connectivity index (χ2n) is 4.40. The van der Waals surface area contributed by atoms with Gasteiger partial charge in [0.05, 0.1) is 9.79 Å². The number of benzene rings is 2. The molecular weight excluding hydrogens is 362 g/mol. The van der Waals surface area contributed by atoms with Gasteiger partial charge in [-0.1, -0.05) is 35.9 Å². The molecule has 6 nitrogen and oxygen atoms in total. The van der Waals surface area contributed by atoms with Crippen molar-refractivity contribution in [2.24, 2.45) is 0 Å². The van der Waals surface area contributed by atoms with Crippen molar-refractivity contribution >= 4 is 20.2 Å². The molecule has 0 radical (unpaired) electrons. The van der Waals surface area contributed by atoms with E-state index in [1.807, 2.05) is 0 Å². The predicted molar refractivity (Wildman–Crippen MR) is 72.5 cm³/mol. The van der Waals surface area contributed by atoms with Crippen LogP contribution in [0.4, 0.5) is 0 Å². The van der Waals surface area contributed by atoms with Crippen LogP contribution in [0.2, 0.25) is 0 Å². The quantitative estimate of drug-likeness (QED) is 0.396. The molecule has 2 rings (SSSR count). The molecule has 0 fully saturated rings. The van der Waals surface area contributed by atoms with Gasteiger partial charge in [0.2, 0.25) is 0 Å². The second kappa shape index (κ2) is 8.57. The van der Waals surface area contributed by atoms with Gasteiger partial charge in [0.25, 0.3) is 0 Å². The molecule has 0 aliphatic heterocycles. The second-order valence-corrected chi connectivity index (χ2v) is 7.10. The zero-order valence-corrected chi connectivity index (χ0v) is 18.4. The fourth-order valence-corrected chi connectivity index (χ4v) is 3.44. The van der Waals surface area contributed by atoms with Crippen molar-refractivity contribution in [3.8, 4) is 11.1 Å². The zero-order chi connectivity index (χ0) is 15.8. The van der Waals surface area contributed by atoms with E-state index in [0.717, 1.165) is 23.8 Å². The number of aryl methyl sites for hydroxylation is 1.